The van der Waals surface area contributed by atoms with Crippen LogP contribution in [0.15, 0.2) is 24.8 Å². The van der Waals surface area contributed by atoms with Gasteiger partial charge in [0, 0.05) is 18.9 Å². The second-order valence-corrected chi connectivity index (χ2v) is 12.1. The number of carbonyl (C=O) groups excluding carboxylic acids is 2. The van der Waals surface area contributed by atoms with Gasteiger partial charge in [0.1, 0.15) is 24.1 Å². The highest BCUT2D eigenvalue weighted by molar-refractivity contribution is 5.85. The number of anilines is 1. The highest BCUT2D eigenvalue weighted by atomic mass is 16.5. The van der Waals surface area contributed by atoms with Crippen LogP contribution in [0.4, 0.5) is 5.82 Å². The molecule has 13 heteroatoms. The van der Waals surface area contributed by atoms with Gasteiger partial charge in [-0.25, -0.2) is 15.0 Å². The van der Waals surface area contributed by atoms with E-state index in [1.54, 1.807) is 6.92 Å². The third-order valence-electron chi connectivity index (χ3n) is 7.90. The molecule has 6 atom stereocenters. The van der Waals surface area contributed by atoms with Crippen molar-refractivity contribution in [3.63, 3.8) is 0 Å². The molecule has 2 amide bonds. The maximum Gasteiger partial charge on any atom is 0.239 e. The predicted molar refractivity (Wildman–Crippen MR) is 167 cm³/mol. The number of nitrogens with zero attached hydrogens (tertiary/aromatic N) is 3. The first kappa shape index (κ1) is 35.4. The van der Waals surface area contributed by atoms with Crippen molar-refractivity contribution in [1.82, 2.24) is 30.6 Å². The maximum absolute atomic E-state index is 12.7. The van der Waals surface area contributed by atoms with E-state index in [9.17, 15) is 24.9 Å². The summed E-state index contributed by atoms with van der Waals surface area (Å²) in [5, 5.41) is 39.9. The number of unbranched alkanes of at least 4 members (excludes halogenated alkanes) is 6. The lowest BCUT2D eigenvalue weighted by atomic mass is 9.88. The van der Waals surface area contributed by atoms with Gasteiger partial charge in [-0.05, 0) is 38.0 Å². The van der Waals surface area contributed by atoms with Crippen LogP contribution in [-0.2, 0) is 14.3 Å². The SMILES string of the molecule is CC(C)CCC/C=C\CCCCCCCC(=O)NCC(=O)N[C@@H]1[C@@H](O)[C@@H](O)C(Nc2ncnc3nc[nH]c23)O[C@H]1C(C)CO. The quantitative estimate of drug-likeness (QED) is 0.0909. The van der Waals surface area contributed by atoms with Crippen molar-refractivity contribution >= 4 is 28.8 Å². The van der Waals surface area contributed by atoms with Gasteiger partial charge in [0.25, 0.3) is 0 Å². The molecule has 246 valence electrons. The Hall–Kier alpha value is -3.13. The molecule has 0 bridgehead atoms. The van der Waals surface area contributed by atoms with E-state index in [1.165, 1.54) is 25.5 Å². The van der Waals surface area contributed by atoms with Crippen LogP contribution in [-0.4, -0.2) is 90.8 Å². The van der Waals surface area contributed by atoms with Gasteiger partial charge in [-0.15, -0.1) is 0 Å². The number of imidazole rings is 1. The zero-order valence-corrected chi connectivity index (χ0v) is 26.2. The van der Waals surface area contributed by atoms with Gasteiger partial charge in [-0.3, -0.25) is 9.59 Å². The molecule has 2 unspecified atom stereocenters. The summed E-state index contributed by atoms with van der Waals surface area (Å²) in [5.41, 5.74) is 0.901. The van der Waals surface area contributed by atoms with E-state index in [4.69, 9.17) is 4.74 Å². The van der Waals surface area contributed by atoms with Crippen molar-refractivity contribution in [1.29, 1.82) is 0 Å². The monoisotopic (exact) mass is 617 g/mol. The van der Waals surface area contributed by atoms with Crippen LogP contribution in [0.1, 0.15) is 85.0 Å². The summed E-state index contributed by atoms with van der Waals surface area (Å²) in [6, 6.07) is -1.03. The Morgan fingerprint density at radius 1 is 0.977 bits per heavy atom. The molecule has 0 spiro atoms. The number of H-pyrrole nitrogens is 1. The molecule has 0 radical (unpaired) electrons. The smallest absolute Gasteiger partial charge is 0.239 e. The molecule has 1 aliphatic rings. The fraction of sp³-hybridized carbons (Fsp3) is 0.710. The van der Waals surface area contributed by atoms with Crippen molar-refractivity contribution < 1.29 is 29.6 Å². The van der Waals surface area contributed by atoms with Crippen LogP contribution < -0.4 is 16.0 Å². The average Bonchev–Trinajstić information content (AvgIpc) is 3.50. The number of hydrogen-bond donors (Lipinski definition) is 7. The molecule has 0 aromatic carbocycles. The van der Waals surface area contributed by atoms with Gasteiger partial charge >= 0.3 is 0 Å². The molecule has 3 heterocycles. The number of carbonyl (C=O) groups is 2. The number of aromatic amines is 1. The number of nitrogens with one attached hydrogen (secondary N) is 4. The minimum absolute atomic E-state index is 0.218. The summed E-state index contributed by atoms with van der Waals surface area (Å²) in [6.07, 6.45) is 12.7. The standard InChI is InChI=1S/C31H51N7O6/c1-20(2)14-12-10-8-6-4-5-7-9-11-13-15-22(40)32-16-23(41)37-24-26(42)27(43)31(44-28(24)21(3)17-39)38-30-25-29(34-18-33-25)35-19-36-30/h6,8,18-21,24,26-28,31,39,42-43H,4-5,7,9-17H2,1-3H3,(H,32,40)(H,37,41)(H2,33,34,35,36,38)/b8-6-/t21?,24-,26-,27-,28+,31?/m1/s1. The second kappa shape index (κ2) is 18.6. The molecule has 3 rings (SSSR count). The van der Waals surface area contributed by atoms with Crippen molar-refractivity contribution in [3.05, 3.63) is 24.8 Å². The Balaban J connectivity index is 1.37. The number of rotatable bonds is 19. The number of ether oxygens (including phenoxy) is 1. The van der Waals surface area contributed by atoms with Crippen LogP contribution in [0.3, 0.4) is 0 Å². The van der Waals surface area contributed by atoms with E-state index < -0.39 is 42.4 Å². The lowest BCUT2D eigenvalue weighted by molar-refractivity contribution is -0.191. The Labute approximate surface area is 259 Å². The fourth-order valence-corrected chi connectivity index (χ4v) is 5.27. The van der Waals surface area contributed by atoms with Gasteiger partial charge in [0.05, 0.1) is 25.0 Å². The normalized spacial score (nSPS) is 22.8. The molecule has 1 aliphatic heterocycles. The first-order valence-electron chi connectivity index (χ1n) is 15.9. The minimum atomic E-state index is -1.45. The molecule has 1 saturated heterocycles. The first-order chi connectivity index (χ1) is 21.2. The van der Waals surface area contributed by atoms with Gasteiger partial charge < -0.3 is 41.0 Å². The fourth-order valence-electron chi connectivity index (χ4n) is 5.27. The molecule has 2 aromatic rings. The molecule has 13 nitrogen and oxygen atoms in total. The van der Waals surface area contributed by atoms with Gasteiger partial charge in [-0.2, -0.15) is 0 Å². The minimum Gasteiger partial charge on any atom is -0.396 e. The van der Waals surface area contributed by atoms with E-state index in [0.29, 0.717) is 23.4 Å². The molecule has 7 N–H and O–H groups in total. The molecule has 0 aliphatic carbocycles. The summed E-state index contributed by atoms with van der Waals surface area (Å²) in [6.45, 7) is 5.65. The van der Waals surface area contributed by atoms with E-state index >= 15 is 0 Å². The molecule has 1 fully saturated rings. The summed E-state index contributed by atoms with van der Waals surface area (Å²) >= 11 is 0. The zero-order chi connectivity index (χ0) is 31.9. The van der Waals surface area contributed by atoms with Crippen LogP contribution >= 0.6 is 0 Å². The van der Waals surface area contributed by atoms with Gasteiger partial charge in [-0.1, -0.05) is 58.6 Å². The van der Waals surface area contributed by atoms with E-state index in [0.717, 1.165) is 50.9 Å². The van der Waals surface area contributed by atoms with Crippen molar-refractivity contribution in [2.75, 3.05) is 18.5 Å². The van der Waals surface area contributed by atoms with Crippen molar-refractivity contribution in [2.45, 2.75) is 116 Å². The van der Waals surface area contributed by atoms with Crippen LogP contribution in [0.2, 0.25) is 0 Å². The van der Waals surface area contributed by atoms with E-state index in [1.807, 2.05) is 0 Å². The predicted octanol–water partition coefficient (Wildman–Crippen LogP) is 2.55. The zero-order valence-electron chi connectivity index (χ0n) is 26.2. The van der Waals surface area contributed by atoms with Crippen LogP contribution in [0.25, 0.3) is 11.2 Å². The number of aliphatic hydroxyl groups excluding tert-OH is 3. The lowest BCUT2D eigenvalue weighted by Gasteiger charge is -2.45. The summed E-state index contributed by atoms with van der Waals surface area (Å²) < 4.78 is 6.04. The molecule has 0 saturated carbocycles. The third kappa shape index (κ3) is 11.1. The molecule has 2 aromatic heterocycles. The number of hydrogen-bond acceptors (Lipinski definition) is 10. The Morgan fingerprint density at radius 2 is 1.70 bits per heavy atom. The molecular formula is C31H51N7O6. The van der Waals surface area contributed by atoms with Gasteiger partial charge in [0.15, 0.2) is 17.7 Å². The third-order valence-corrected chi connectivity index (χ3v) is 7.90. The lowest BCUT2D eigenvalue weighted by Crippen LogP contribution is -2.67. The summed E-state index contributed by atoms with van der Waals surface area (Å²) in [4.78, 5) is 40.2. The topological polar surface area (TPSA) is 195 Å². The molecular weight excluding hydrogens is 566 g/mol. The first-order valence-corrected chi connectivity index (χ1v) is 15.9. The maximum atomic E-state index is 12.7. The Bertz CT molecular complexity index is 1180. The van der Waals surface area contributed by atoms with Crippen LogP contribution in [0.5, 0.6) is 0 Å². The number of fused-ring (bicyclic) bond motifs is 1. The van der Waals surface area contributed by atoms with E-state index in [-0.39, 0.29) is 19.1 Å². The highest BCUT2D eigenvalue weighted by Crippen LogP contribution is 2.28. The number of amides is 2. The number of aromatic nitrogens is 4. The van der Waals surface area contributed by atoms with Crippen LogP contribution in [0, 0.1) is 11.8 Å². The van der Waals surface area contributed by atoms with E-state index in [2.05, 4.69) is 61.9 Å². The van der Waals surface area contributed by atoms with Gasteiger partial charge in [0.2, 0.25) is 11.8 Å². The average molecular weight is 618 g/mol. The summed E-state index contributed by atoms with van der Waals surface area (Å²) in [7, 11) is 0. The largest absolute Gasteiger partial charge is 0.396 e. The van der Waals surface area contributed by atoms with Crippen molar-refractivity contribution in [3.8, 4) is 0 Å². The number of aliphatic hydroxyl groups is 3. The summed E-state index contributed by atoms with van der Waals surface area (Å²) in [5.74, 6) is -0.174. The number of allylic oxidation sites excluding steroid dienone is 2. The Kier molecular flexibility index (Phi) is 15.0. The Morgan fingerprint density at radius 3 is 2.45 bits per heavy atom. The van der Waals surface area contributed by atoms with Crippen molar-refractivity contribution in [2.24, 2.45) is 11.8 Å². The second-order valence-electron chi connectivity index (χ2n) is 12.1. The highest BCUT2D eigenvalue weighted by Gasteiger charge is 2.47. The molecule has 44 heavy (non-hydrogen) atoms.